The van der Waals surface area contributed by atoms with Gasteiger partial charge in [-0.25, -0.2) is 0 Å². The van der Waals surface area contributed by atoms with Gasteiger partial charge in [0.25, 0.3) is 5.91 Å². The Bertz CT molecular complexity index is 637. The van der Waals surface area contributed by atoms with E-state index in [0.29, 0.717) is 6.04 Å². The summed E-state index contributed by atoms with van der Waals surface area (Å²) in [6, 6.07) is 8.39. The molecule has 0 spiro atoms. The number of hydrogen-bond acceptors (Lipinski definition) is 2. The zero-order valence-corrected chi connectivity index (χ0v) is 20.3. The van der Waals surface area contributed by atoms with Gasteiger partial charge in [0.2, 0.25) is 0 Å². The van der Waals surface area contributed by atoms with Crippen LogP contribution < -0.4 is 10.6 Å². The van der Waals surface area contributed by atoms with E-state index in [9.17, 15) is 4.79 Å². The van der Waals surface area contributed by atoms with Crippen molar-refractivity contribution in [3.8, 4) is 0 Å². The van der Waals surface area contributed by atoms with Gasteiger partial charge in [-0.3, -0.25) is 9.79 Å². The van der Waals surface area contributed by atoms with Crippen molar-refractivity contribution in [1.29, 1.82) is 0 Å². The second-order valence-electron chi connectivity index (χ2n) is 8.15. The molecule has 0 aromatic heterocycles. The number of nitrogens with one attached hydrogen (secondary N) is 2. The molecular formula is C22H37IN4O. The van der Waals surface area contributed by atoms with Crippen molar-refractivity contribution in [3.63, 3.8) is 0 Å². The van der Waals surface area contributed by atoms with Gasteiger partial charge in [0.15, 0.2) is 5.96 Å². The van der Waals surface area contributed by atoms with E-state index in [1.807, 2.05) is 25.2 Å². The van der Waals surface area contributed by atoms with Crippen molar-refractivity contribution < 1.29 is 4.79 Å². The topological polar surface area (TPSA) is 56.7 Å². The molecule has 28 heavy (non-hydrogen) atoms. The van der Waals surface area contributed by atoms with Crippen LogP contribution in [0.1, 0.15) is 55.5 Å². The normalized spacial score (nSPS) is 19.7. The molecule has 0 saturated heterocycles. The van der Waals surface area contributed by atoms with Crippen molar-refractivity contribution in [2.24, 2.45) is 16.8 Å². The number of amides is 1. The van der Waals surface area contributed by atoms with Crippen LogP contribution in [0.2, 0.25) is 0 Å². The Morgan fingerprint density at radius 1 is 1.21 bits per heavy atom. The number of halogens is 1. The maximum atomic E-state index is 12.1. The van der Waals surface area contributed by atoms with Crippen LogP contribution in [0.25, 0.3) is 0 Å². The van der Waals surface area contributed by atoms with Gasteiger partial charge in [0.1, 0.15) is 0 Å². The largest absolute Gasteiger partial charge is 0.356 e. The lowest BCUT2D eigenvalue weighted by atomic mass is 9.80. The maximum absolute atomic E-state index is 12.1. The second kappa shape index (κ2) is 12.3. The molecule has 1 aromatic rings. The zero-order valence-electron chi connectivity index (χ0n) is 18.0. The molecule has 1 aromatic carbocycles. The smallest absolute Gasteiger partial charge is 0.253 e. The zero-order chi connectivity index (χ0) is 19.8. The van der Waals surface area contributed by atoms with Crippen molar-refractivity contribution in [2.75, 3.05) is 27.7 Å². The lowest BCUT2D eigenvalue weighted by Crippen LogP contribution is -2.45. The number of rotatable bonds is 6. The summed E-state index contributed by atoms with van der Waals surface area (Å²) in [6.07, 6.45) is 5.91. The lowest BCUT2D eigenvalue weighted by Gasteiger charge is -2.32. The fourth-order valence-electron chi connectivity index (χ4n) is 3.76. The van der Waals surface area contributed by atoms with Crippen LogP contribution in [0.3, 0.4) is 0 Å². The van der Waals surface area contributed by atoms with E-state index < -0.39 is 0 Å². The van der Waals surface area contributed by atoms with Gasteiger partial charge in [0, 0.05) is 39.3 Å². The Hall–Kier alpha value is -1.31. The third kappa shape index (κ3) is 7.60. The average molecular weight is 500 g/mol. The number of aliphatic imine (C=N–C) groups is 1. The highest BCUT2D eigenvalue weighted by atomic mass is 127. The van der Waals surface area contributed by atoms with E-state index in [-0.39, 0.29) is 29.9 Å². The first kappa shape index (κ1) is 24.7. The third-order valence-electron chi connectivity index (χ3n) is 5.57. The molecule has 0 heterocycles. The maximum Gasteiger partial charge on any atom is 0.253 e. The highest BCUT2D eigenvalue weighted by Crippen LogP contribution is 2.29. The summed E-state index contributed by atoms with van der Waals surface area (Å²) in [7, 11) is 5.38. The monoisotopic (exact) mass is 500 g/mol. The molecule has 0 aliphatic heterocycles. The fraction of sp³-hybridized carbons (Fsp3) is 0.636. The summed E-state index contributed by atoms with van der Waals surface area (Å²) in [4.78, 5) is 18.1. The molecule has 158 valence electrons. The van der Waals surface area contributed by atoms with E-state index in [4.69, 9.17) is 0 Å². The third-order valence-corrected chi connectivity index (χ3v) is 5.57. The SMILES string of the molecule is CN=C(NCCc1cccc(C(=O)N(C)C)c1)NC1CCC(C(C)C)CC1.I. The van der Waals surface area contributed by atoms with Crippen LogP contribution in [-0.2, 0) is 6.42 Å². The van der Waals surface area contributed by atoms with Gasteiger partial charge in [-0.2, -0.15) is 0 Å². The van der Waals surface area contributed by atoms with Gasteiger partial charge >= 0.3 is 0 Å². The lowest BCUT2D eigenvalue weighted by molar-refractivity contribution is 0.0827. The molecule has 2 rings (SSSR count). The molecule has 0 bridgehead atoms. The van der Waals surface area contributed by atoms with Gasteiger partial charge in [-0.15, -0.1) is 24.0 Å². The minimum absolute atomic E-state index is 0. The number of benzene rings is 1. The van der Waals surface area contributed by atoms with Crippen LogP contribution >= 0.6 is 24.0 Å². The molecule has 1 aliphatic carbocycles. The molecule has 0 atom stereocenters. The van der Waals surface area contributed by atoms with E-state index in [0.717, 1.165) is 41.9 Å². The number of carbonyl (C=O) groups excluding carboxylic acids is 1. The summed E-state index contributed by atoms with van der Waals surface area (Å²) in [6.45, 7) is 5.46. The van der Waals surface area contributed by atoms with Gasteiger partial charge < -0.3 is 15.5 Å². The van der Waals surface area contributed by atoms with Gasteiger partial charge in [0.05, 0.1) is 0 Å². The highest BCUT2D eigenvalue weighted by molar-refractivity contribution is 14.0. The minimum atomic E-state index is 0. The average Bonchev–Trinajstić information content (AvgIpc) is 2.67. The Kier molecular flexibility index (Phi) is 10.9. The van der Waals surface area contributed by atoms with Crippen LogP contribution in [0.15, 0.2) is 29.3 Å². The van der Waals surface area contributed by atoms with Gasteiger partial charge in [-0.1, -0.05) is 26.0 Å². The Labute approximate surface area is 187 Å². The predicted molar refractivity (Wildman–Crippen MR) is 129 cm³/mol. The summed E-state index contributed by atoms with van der Waals surface area (Å²) in [5.74, 6) is 2.58. The number of carbonyl (C=O) groups is 1. The quantitative estimate of drug-likeness (QED) is 0.354. The first-order valence-corrected chi connectivity index (χ1v) is 10.2. The van der Waals surface area contributed by atoms with E-state index >= 15 is 0 Å². The van der Waals surface area contributed by atoms with E-state index in [1.54, 1.807) is 19.0 Å². The first-order chi connectivity index (χ1) is 12.9. The van der Waals surface area contributed by atoms with Crippen molar-refractivity contribution >= 4 is 35.8 Å². The molecule has 1 fully saturated rings. The van der Waals surface area contributed by atoms with Crippen LogP contribution in [0, 0.1) is 11.8 Å². The first-order valence-electron chi connectivity index (χ1n) is 10.2. The standard InChI is InChI=1S/C22H36N4O.HI/c1-16(2)18-9-11-20(12-10-18)25-22(23-3)24-14-13-17-7-6-8-19(15-17)21(27)26(4)5;/h6-8,15-16,18,20H,9-14H2,1-5H3,(H2,23,24,25);1H. The van der Waals surface area contributed by atoms with Crippen molar-refractivity contribution in [1.82, 2.24) is 15.5 Å². The van der Waals surface area contributed by atoms with E-state index in [2.05, 4.69) is 35.5 Å². The molecule has 0 radical (unpaired) electrons. The Balaban J connectivity index is 0.00000392. The van der Waals surface area contributed by atoms with Gasteiger partial charge in [-0.05, 0) is 61.6 Å². The fourth-order valence-corrected chi connectivity index (χ4v) is 3.76. The summed E-state index contributed by atoms with van der Waals surface area (Å²) >= 11 is 0. The number of guanidine groups is 1. The summed E-state index contributed by atoms with van der Waals surface area (Å²) < 4.78 is 0. The summed E-state index contributed by atoms with van der Waals surface area (Å²) in [5, 5.41) is 6.99. The van der Waals surface area contributed by atoms with Crippen LogP contribution in [0.4, 0.5) is 0 Å². The van der Waals surface area contributed by atoms with Crippen molar-refractivity contribution in [2.45, 2.75) is 52.0 Å². The molecule has 0 unspecified atom stereocenters. The second-order valence-corrected chi connectivity index (χ2v) is 8.15. The molecule has 1 aliphatic rings. The number of hydrogen-bond donors (Lipinski definition) is 2. The predicted octanol–water partition coefficient (Wildman–Crippen LogP) is 3.93. The molecule has 6 heteroatoms. The molecule has 2 N–H and O–H groups in total. The Morgan fingerprint density at radius 3 is 2.46 bits per heavy atom. The highest BCUT2D eigenvalue weighted by Gasteiger charge is 2.23. The minimum Gasteiger partial charge on any atom is -0.356 e. The number of nitrogens with zero attached hydrogens (tertiary/aromatic N) is 2. The van der Waals surface area contributed by atoms with E-state index in [1.165, 1.54) is 25.7 Å². The molecule has 1 saturated carbocycles. The van der Waals surface area contributed by atoms with Crippen molar-refractivity contribution in [3.05, 3.63) is 35.4 Å². The molecule has 5 nitrogen and oxygen atoms in total. The van der Waals surface area contributed by atoms with Crippen LogP contribution in [-0.4, -0.2) is 50.5 Å². The summed E-state index contributed by atoms with van der Waals surface area (Å²) in [5.41, 5.74) is 1.89. The molecule has 1 amide bonds. The Morgan fingerprint density at radius 2 is 1.89 bits per heavy atom. The van der Waals surface area contributed by atoms with Crippen LogP contribution in [0.5, 0.6) is 0 Å². The molecular weight excluding hydrogens is 463 g/mol.